The lowest BCUT2D eigenvalue weighted by atomic mass is 10.1. The van der Waals surface area contributed by atoms with Gasteiger partial charge in [-0.05, 0) is 17.7 Å². The molecular weight excluding hydrogens is 388 g/mol. The highest BCUT2D eigenvalue weighted by atomic mass is 16.6. The van der Waals surface area contributed by atoms with Crippen LogP contribution in [0.1, 0.15) is 26.3 Å². The number of ether oxygens (including phenoxy) is 1. The van der Waals surface area contributed by atoms with Crippen molar-refractivity contribution in [2.24, 2.45) is 0 Å². The zero-order valence-corrected chi connectivity index (χ0v) is 16.1. The van der Waals surface area contributed by atoms with Crippen LogP contribution < -0.4 is 0 Å². The Morgan fingerprint density at radius 2 is 1.60 bits per heavy atom. The van der Waals surface area contributed by atoms with E-state index in [1.54, 1.807) is 36.4 Å². The minimum atomic E-state index is -1.57. The molecule has 0 unspecified atom stereocenters. The van der Waals surface area contributed by atoms with E-state index in [9.17, 15) is 24.3 Å². The second-order valence-corrected chi connectivity index (χ2v) is 6.61. The van der Waals surface area contributed by atoms with Crippen molar-refractivity contribution in [1.29, 1.82) is 0 Å². The number of hydrogen-bond acceptors (Lipinski definition) is 5. The van der Waals surface area contributed by atoms with Crippen LogP contribution in [-0.4, -0.2) is 57.9 Å². The largest absolute Gasteiger partial charge is 0.480 e. The molecule has 1 heterocycles. The highest BCUT2D eigenvalue weighted by Gasteiger charge is 2.43. The number of carbonyl (C=O) groups is 4. The Balaban J connectivity index is 1.77. The number of rotatable bonds is 8. The van der Waals surface area contributed by atoms with E-state index in [4.69, 9.17) is 4.74 Å². The van der Waals surface area contributed by atoms with Gasteiger partial charge in [0.25, 0.3) is 11.8 Å². The molecule has 3 rings (SSSR count). The van der Waals surface area contributed by atoms with E-state index in [1.807, 2.05) is 6.07 Å². The summed E-state index contributed by atoms with van der Waals surface area (Å²) < 4.78 is 5.26. The van der Waals surface area contributed by atoms with Crippen LogP contribution >= 0.6 is 0 Å². The Labute approximate surface area is 173 Å². The standard InChI is InChI=1S/C22H20N2O6/c1-2-12-23(22(29)30-14-15-8-4-3-5-9-15)13-18(21(27)28)24-19(25)16-10-6-7-11-17(16)20(24)26/h2-11,18H,1,12-14H2,(H,27,28)/t18-/m0/s1. The van der Waals surface area contributed by atoms with Gasteiger partial charge in [0.1, 0.15) is 6.61 Å². The van der Waals surface area contributed by atoms with Crippen LogP contribution in [-0.2, 0) is 16.1 Å². The lowest BCUT2D eigenvalue weighted by molar-refractivity contribution is -0.142. The SMILES string of the molecule is C=CCN(C[C@@H](C(=O)O)N1C(=O)c2ccccc2C1=O)C(=O)OCc1ccccc1. The Kier molecular flexibility index (Phi) is 6.26. The van der Waals surface area contributed by atoms with Crippen molar-refractivity contribution in [3.05, 3.63) is 83.9 Å². The molecule has 8 heteroatoms. The first-order valence-corrected chi connectivity index (χ1v) is 9.20. The van der Waals surface area contributed by atoms with Crippen molar-refractivity contribution in [2.75, 3.05) is 13.1 Å². The predicted molar refractivity (Wildman–Crippen MR) is 107 cm³/mol. The smallest absolute Gasteiger partial charge is 0.410 e. The van der Waals surface area contributed by atoms with E-state index in [2.05, 4.69) is 6.58 Å². The van der Waals surface area contributed by atoms with Crippen molar-refractivity contribution in [3.63, 3.8) is 0 Å². The summed E-state index contributed by atoms with van der Waals surface area (Å²) in [5, 5.41) is 9.70. The van der Waals surface area contributed by atoms with E-state index >= 15 is 0 Å². The highest BCUT2D eigenvalue weighted by molar-refractivity contribution is 6.22. The molecule has 1 atom stereocenters. The monoisotopic (exact) mass is 408 g/mol. The lowest BCUT2D eigenvalue weighted by Gasteiger charge is -2.28. The maximum absolute atomic E-state index is 12.7. The minimum absolute atomic E-state index is 0.00191. The number of amides is 3. The van der Waals surface area contributed by atoms with E-state index in [0.717, 1.165) is 10.5 Å². The van der Waals surface area contributed by atoms with Gasteiger partial charge in [-0.15, -0.1) is 6.58 Å². The third-order valence-corrected chi connectivity index (χ3v) is 4.63. The highest BCUT2D eigenvalue weighted by Crippen LogP contribution is 2.25. The van der Waals surface area contributed by atoms with Gasteiger partial charge >= 0.3 is 12.1 Å². The van der Waals surface area contributed by atoms with Crippen molar-refractivity contribution in [2.45, 2.75) is 12.6 Å². The number of aliphatic carboxylic acids is 1. The van der Waals surface area contributed by atoms with E-state index in [1.165, 1.54) is 18.2 Å². The van der Waals surface area contributed by atoms with Gasteiger partial charge in [0.15, 0.2) is 6.04 Å². The van der Waals surface area contributed by atoms with Crippen LogP contribution in [0.4, 0.5) is 4.79 Å². The average Bonchev–Trinajstić information content (AvgIpc) is 3.00. The quantitative estimate of drug-likeness (QED) is 0.532. The summed E-state index contributed by atoms with van der Waals surface area (Å²) in [6.07, 6.45) is 0.632. The molecule has 1 N–H and O–H groups in total. The third-order valence-electron chi connectivity index (χ3n) is 4.63. The molecule has 0 spiro atoms. The Hall–Kier alpha value is -3.94. The Morgan fingerprint density at radius 1 is 1.03 bits per heavy atom. The second kappa shape index (κ2) is 9.04. The van der Waals surface area contributed by atoms with Crippen LogP contribution in [0, 0.1) is 0 Å². The van der Waals surface area contributed by atoms with E-state index in [-0.39, 0.29) is 24.3 Å². The maximum atomic E-state index is 12.7. The molecule has 0 saturated carbocycles. The van der Waals surface area contributed by atoms with Crippen molar-refractivity contribution in [1.82, 2.24) is 9.80 Å². The summed E-state index contributed by atoms with van der Waals surface area (Å²) >= 11 is 0. The van der Waals surface area contributed by atoms with E-state index < -0.39 is 36.5 Å². The average molecular weight is 408 g/mol. The fourth-order valence-electron chi connectivity index (χ4n) is 3.16. The van der Waals surface area contributed by atoms with Gasteiger partial charge in [0.05, 0.1) is 17.7 Å². The Morgan fingerprint density at radius 3 is 2.13 bits per heavy atom. The summed E-state index contributed by atoms with van der Waals surface area (Å²) in [5.74, 6) is -2.83. The summed E-state index contributed by atoms with van der Waals surface area (Å²) in [4.78, 5) is 51.5. The second-order valence-electron chi connectivity index (χ2n) is 6.61. The van der Waals surface area contributed by atoms with Crippen molar-refractivity contribution >= 4 is 23.9 Å². The minimum Gasteiger partial charge on any atom is -0.480 e. The molecule has 0 fully saturated rings. The van der Waals surface area contributed by atoms with Gasteiger partial charge in [0, 0.05) is 6.54 Å². The normalized spacial score (nSPS) is 13.5. The van der Waals surface area contributed by atoms with Gasteiger partial charge in [-0.1, -0.05) is 48.5 Å². The fourth-order valence-corrected chi connectivity index (χ4v) is 3.16. The van der Waals surface area contributed by atoms with Crippen molar-refractivity contribution in [3.8, 4) is 0 Å². The van der Waals surface area contributed by atoms with E-state index in [0.29, 0.717) is 4.90 Å². The summed E-state index contributed by atoms with van der Waals surface area (Å²) in [6.45, 7) is 3.12. The van der Waals surface area contributed by atoms with Gasteiger partial charge in [0.2, 0.25) is 0 Å². The molecule has 0 aromatic heterocycles. The number of carboxylic acids is 1. The first-order chi connectivity index (χ1) is 14.4. The first-order valence-electron chi connectivity index (χ1n) is 9.20. The first kappa shape index (κ1) is 20.8. The molecule has 1 aliphatic heterocycles. The molecule has 2 aromatic rings. The number of benzene rings is 2. The van der Waals surface area contributed by atoms with Crippen LogP contribution in [0.25, 0.3) is 0 Å². The molecule has 0 bridgehead atoms. The number of hydrogen-bond donors (Lipinski definition) is 1. The molecule has 30 heavy (non-hydrogen) atoms. The van der Waals surface area contributed by atoms with Gasteiger partial charge in [-0.25, -0.2) is 9.59 Å². The molecule has 1 aliphatic rings. The Bertz CT molecular complexity index is 953. The molecule has 2 aromatic carbocycles. The molecule has 3 amide bonds. The molecule has 0 saturated heterocycles. The zero-order valence-electron chi connectivity index (χ0n) is 16.1. The third kappa shape index (κ3) is 4.22. The van der Waals surface area contributed by atoms with Crippen LogP contribution in [0.5, 0.6) is 0 Å². The molecule has 8 nitrogen and oxygen atoms in total. The predicted octanol–water partition coefficient (Wildman–Crippen LogP) is 2.56. The fraction of sp³-hybridized carbons (Fsp3) is 0.182. The number of carboxylic acid groups (broad SMARTS) is 1. The number of nitrogens with zero attached hydrogens (tertiary/aromatic N) is 2. The topological polar surface area (TPSA) is 104 Å². The van der Waals surface area contributed by atoms with Crippen LogP contribution in [0.15, 0.2) is 67.3 Å². The van der Waals surface area contributed by atoms with Crippen molar-refractivity contribution < 1.29 is 29.0 Å². The maximum Gasteiger partial charge on any atom is 0.410 e. The summed E-state index contributed by atoms with van der Waals surface area (Å²) in [6, 6.07) is 13.5. The number of fused-ring (bicyclic) bond motifs is 1. The molecular formula is C22H20N2O6. The summed E-state index contributed by atoms with van der Waals surface area (Å²) in [5.41, 5.74) is 1.03. The van der Waals surface area contributed by atoms with Gasteiger partial charge < -0.3 is 14.7 Å². The van der Waals surface area contributed by atoms with Crippen LogP contribution in [0.3, 0.4) is 0 Å². The number of carbonyl (C=O) groups excluding carboxylic acids is 3. The van der Waals surface area contributed by atoms with Gasteiger partial charge in [-0.3, -0.25) is 14.5 Å². The zero-order chi connectivity index (χ0) is 21.7. The lowest BCUT2D eigenvalue weighted by Crippen LogP contribution is -2.52. The van der Waals surface area contributed by atoms with Gasteiger partial charge in [-0.2, -0.15) is 0 Å². The number of imide groups is 1. The molecule has 0 radical (unpaired) electrons. The molecule has 0 aliphatic carbocycles. The summed E-state index contributed by atoms with van der Waals surface area (Å²) in [7, 11) is 0. The van der Waals surface area contributed by atoms with Crippen LogP contribution in [0.2, 0.25) is 0 Å². The molecule has 154 valence electrons.